The molecule has 0 radical (unpaired) electrons. The van der Waals surface area contributed by atoms with Crippen LogP contribution in [0, 0.1) is 0 Å². The first kappa shape index (κ1) is 10.9. The summed E-state index contributed by atoms with van der Waals surface area (Å²) in [6.45, 7) is 0. The van der Waals surface area contributed by atoms with Crippen LogP contribution in [0.4, 0.5) is 11.9 Å². The predicted octanol–water partition coefficient (Wildman–Crippen LogP) is 0.852. The molecule has 0 amide bonds. The molecule has 1 aromatic carbocycles. The number of hydrogen-bond donors (Lipinski definition) is 3. The van der Waals surface area contributed by atoms with Gasteiger partial charge in [-0.25, -0.2) is 10.1 Å². The molecule has 0 aliphatic heterocycles. The van der Waals surface area contributed by atoms with Crippen molar-refractivity contribution in [3.8, 4) is 11.5 Å². The fourth-order valence-corrected chi connectivity index (χ4v) is 1.26. The van der Waals surface area contributed by atoms with E-state index in [2.05, 4.69) is 20.2 Å². The van der Waals surface area contributed by atoms with Gasteiger partial charge >= 0.3 is 0 Å². The van der Waals surface area contributed by atoms with Crippen molar-refractivity contribution in [1.29, 1.82) is 0 Å². The molecule has 0 saturated carbocycles. The first-order chi connectivity index (χ1) is 8.20. The van der Waals surface area contributed by atoms with Crippen LogP contribution in [0.2, 0.25) is 0 Å². The number of ether oxygens (including phenoxy) is 1. The number of nitrogens with one attached hydrogen (secondary N) is 1. The van der Waals surface area contributed by atoms with E-state index in [-0.39, 0.29) is 17.6 Å². The van der Waals surface area contributed by atoms with E-state index in [1.165, 1.54) is 13.3 Å². The Hall–Kier alpha value is -2.57. The second-order valence-electron chi connectivity index (χ2n) is 3.18. The van der Waals surface area contributed by atoms with Gasteiger partial charge in [-0.1, -0.05) is 6.07 Å². The second kappa shape index (κ2) is 4.52. The molecule has 0 spiro atoms. The summed E-state index contributed by atoms with van der Waals surface area (Å²) in [6.07, 6.45) is 1.43. The number of aliphatic imine (C=N–C) groups is 1. The van der Waals surface area contributed by atoms with Gasteiger partial charge in [-0.05, 0) is 12.1 Å². The monoisotopic (exact) mass is 233 g/mol. The second-order valence-corrected chi connectivity index (χ2v) is 3.18. The molecule has 0 bridgehead atoms. The van der Waals surface area contributed by atoms with Gasteiger partial charge in [0.15, 0.2) is 11.5 Å². The Kier molecular flexibility index (Phi) is 2.91. The number of anilines is 1. The van der Waals surface area contributed by atoms with Gasteiger partial charge in [0, 0.05) is 11.8 Å². The van der Waals surface area contributed by atoms with Crippen LogP contribution in [0.3, 0.4) is 0 Å². The quantitative estimate of drug-likeness (QED) is 0.681. The van der Waals surface area contributed by atoms with E-state index in [0.717, 1.165) is 0 Å². The van der Waals surface area contributed by atoms with Crippen molar-refractivity contribution in [2.75, 3.05) is 12.8 Å². The lowest BCUT2D eigenvalue weighted by Gasteiger charge is -2.04. The van der Waals surface area contributed by atoms with Gasteiger partial charge in [-0.15, -0.1) is 5.10 Å². The summed E-state index contributed by atoms with van der Waals surface area (Å²) in [5.41, 5.74) is 5.86. The van der Waals surface area contributed by atoms with Gasteiger partial charge < -0.3 is 15.6 Å². The summed E-state index contributed by atoms with van der Waals surface area (Å²) < 4.78 is 4.97. The highest BCUT2D eigenvalue weighted by molar-refractivity contribution is 5.86. The number of methoxy groups -OCH3 is 1. The molecule has 4 N–H and O–H groups in total. The summed E-state index contributed by atoms with van der Waals surface area (Å²) in [7, 11) is 1.48. The van der Waals surface area contributed by atoms with Crippen molar-refractivity contribution >= 4 is 18.1 Å². The number of para-hydroxylation sites is 1. The van der Waals surface area contributed by atoms with E-state index in [0.29, 0.717) is 11.3 Å². The average molecular weight is 233 g/mol. The van der Waals surface area contributed by atoms with Crippen LogP contribution in [0.1, 0.15) is 5.56 Å². The highest BCUT2D eigenvalue weighted by Gasteiger charge is 2.05. The van der Waals surface area contributed by atoms with Gasteiger partial charge in [0.1, 0.15) is 0 Å². The molecule has 0 saturated heterocycles. The largest absolute Gasteiger partial charge is 0.504 e. The Balaban J connectivity index is 2.27. The van der Waals surface area contributed by atoms with Crippen molar-refractivity contribution in [1.82, 2.24) is 15.2 Å². The number of aromatic nitrogens is 3. The minimum Gasteiger partial charge on any atom is -0.504 e. The Morgan fingerprint density at radius 2 is 2.35 bits per heavy atom. The number of rotatable bonds is 3. The summed E-state index contributed by atoms with van der Waals surface area (Å²) in [5.74, 6) is 0.780. The zero-order valence-electron chi connectivity index (χ0n) is 9.08. The third-order valence-corrected chi connectivity index (χ3v) is 2.06. The number of nitrogens with zero attached hydrogens (tertiary/aromatic N) is 3. The molecular formula is C10H11N5O2. The van der Waals surface area contributed by atoms with Crippen molar-refractivity contribution in [3.05, 3.63) is 23.8 Å². The number of H-pyrrole nitrogens is 1. The molecule has 88 valence electrons. The molecule has 0 unspecified atom stereocenters. The van der Waals surface area contributed by atoms with Gasteiger partial charge in [0.05, 0.1) is 7.11 Å². The van der Waals surface area contributed by atoms with E-state index in [1.54, 1.807) is 18.2 Å². The number of nitrogens with two attached hydrogens (primary N) is 1. The van der Waals surface area contributed by atoms with E-state index in [4.69, 9.17) is 10.5 Å². The Labute approximate surface area is 97.0 Å². The van der Waals surface area contributed by atoms with Gasteiger partial charge in [-0.2, -0.15) is 4.98 Å². The Morgan fingerprint density at radius 3 is 3.00 bits per heavy atom. The van der Waals surface area contributed by atoms with Gasteiger partial charge in [0.2, 0.25) is 5.95 Å². The maximum absolute atomic E-state index is 9.78. The summed E-state index contributed by atoms with van der Waals surface area (Å²) in [4.78, 5) is 7.76. The Morgan fingerprint density at radius 1 is 1.53 bits per heavy atom. The first-order valence-corrected chi connectivity index (χ1v) is 4.78. The smallest absolute Gasteiger partial charge is 0.269 e. The highest BCUT2D eigenvalue weighted by Crippen LogP contribution is 2.28. The van der Waals surface area contributed by atoms with Crippen LogP contribution in [0.5, 0.6) is 11.5 Å². The lowest BCUT2D eigenvalue weighted by Crippen LogP contribution is -1.88. The van der Waals surface area contributed by atoms with Crippen molar-refractivity contribution < 1.29 is 9.84 Å². The standard InChI is InChI=1S/C10H11N5O2/c1-17-7-4-2-3-6(8(7)16)5-12-10-13-9(11)14-15-10/h2-5,16H,1H3,(H3,11,13,14,15)/b12-5+. The van der Waals surface area contributed by atoms with Crippen molar-refractivity contribution in [2.24, 2.45) is 4.99 Å². The number of phenolic OH excluding ortho intramolecular Hbond substituents is 1. The van der Waals surface area contributed by atoms with Crippen LogP contribution >= 0.6 is 0 Å². The van der Waals surface area contributed by atoms with Crippen molar-refractivity contribution in [2.45, 2.75) is 0 Å². The SMILES string of the molecule is COc1cccc(/C=N/c2n[nH]c(N)n2)c1O. The van der Waals surface area contributed by atoms with Gasteiger partial charge in [-0.3, -0.25) is 0 Å². The minimum atomic E-state index is 0.0160. The first-order valence-electron chi connectivity index (χ1n) is 4.78. The molecule has 17 heavy (non-hydrogen) atoms. The average Bonchev–Trinajstić information content (AvgIpc) is 2.74. The number of phenols is 1. The summed E-state index contributed by atoms with van der Waals surface area (Å²) >= 11 is 0. The van der Waals surface area contributed by atoms with E-state index in [9.17, 15) is 5.11 Å². The maximum atomic E-state index is 9.78. The lowest BCUT2D eigenvalue weighted by atomic mass is 10.2. The third kappa shape index (κ3) is 2.33. The van der Waals surface area contributed by atoms with E-state index >= 15 is 0 Å². The topological polar surface area (TPSA) is 109 Å². The van der Waals surface area contributed by atoms with Crippen LogP contribution in [-0.2, 0) is 0 Å². The molecule has 1 heterocycles. The Bertz CT molecular complexity index is 549. The fraction of sp³-hybridized carbons (Fsp3) is 0.100. The summed E-state index contributed by atoms with van der Waals surface area (Å²) in [5, 5.41) is 16.0. The molecule has 2 aromatic rings. The van der Waals surface area contributed by atoms with E-state index < -0.39 is 0 Å². The van der Waals surface area contributed by atoms with Crippen LogP contribution in [0.15, 0.2) is 23.2 Å². The van der Waals surface area contributed by atoms with E-state index in [1.807, 2.05) is 0 Å². The highest BCUT2D eigenvalue weighted by atomic mass is 16.5. The van der Waals surface area contributed by atoms with Crippen molar-refractivity contribution in [3.63, 3.8) is 0 Å². The third-order valence-electron chi connectivity index (χ3n) is 2.06. The number of nitrogen functional groups attached to an aromatic ring is 1. The number of aromatic amines is 1. The minimum absolute atomic E-state index is 0.0160. The maximum Gasteiger partial charge on any atom is 0.269 e. The molecule has 0 aliphatic carbocycles. The molecule has 2 rings (SSSR count). The molecule has 1 aromatic heterocycles. The zero-order chi connectivity index (χ0) is 12.3. The van der Waals surface area contributed by atoms with Crippen LogP contribution in [0.25, 0.3) is 0 Å². The van der Waals surface area contributed by atoms with Crippen LogP contribution in [-0.4, -0.2) is 33.6 Å². The molecule has 7 nitrogen and oxygen atoms in total. The summed E-state index contributed by atoms with van der Waals surface area (Å²) in [6, 6.07) is 5.08. The zero-order valence-corrected chi connectivity index (χ0v) is 9.08. The molecule has 0 atom stereocenters. The number of benzene rings is 1. The molecular weight excluding hydrogens is 222 g/mol. The molecule has 0 aliphatic rings. The number of aromatic hydroxyl groups is 1. The molecule has 0 fully saturated rings. The van der Waals surface area contributed by atoms with Gasteiger partial charge in [0.25, 0.3) is 5.95 Å². The normalized spacial score (nSPS) is 10.9. The molecule has 7 heteroatoms. The predicted molar refractivity (Wildman–Crippen MR) is 62.7 cm³/mol. The fourth-order valence-electron chi connectivity index (χ4n) is 1.26. The van der Waals surface area contributed by atoms with Crippen LogP contribution < -0.4 is 10.5 Å². The number of hydrogen-bond acceptors (Lipinski definition) is 6. The lowest BCUT2D eigenvalue weighted by molar-refractivity contribution is 0.373.